The average Bonchev–Trinajstić information content (AvgIpc) is 2.48. The Morgan fingerprint density at radius 1 is 1.00 bits per heavy atom. The highest BCUT2D eigenvalue weighted by molar-refractivity contribution is 9.10. The number of benzene rings is 2. The van der Waals surface area contributed by atoms with Crippen molar-refractivity contribution in [1.29, 1.82) is 0 Å². The van der Waals surface area contributed by atoms with Crippen LogP contribution in [0.3, 0.4) is 0 Å². The Morgan fingerprint density at radius 3 is 2.38 bits per heavy atom. The zero-order valence-corrected chi connectivity index (χ0v) is 13.6. The van der Waals surface area contributed by atoms with E-state index in [0.717, 1.165) is 20.9 Å². The molecule has 2 N–H and O–H groups in total. The lowest BCUT2D eigenvalue weighted by Gasteiger charge is -2.08. The van der Waals surface area contributed by atoms with Gasteiger partial charge in [0.15, 0.2) is 5.82 Å². The van der Waals surface area contributed by atoms with Crippen LogP contribution < -0.4 is 5.73 Å². The molecule has 0 unspecified atom stereocenters. The maximum atomic E-state index is 6.07. The molecule has 3 nitrogen and oxygen atoms in total. The van der Waals surface area contributed by atoms with Crippen molar-refractivity contribution in [3.8, 4) is 11.4 Å². The quantitative estimate of drug-likeness (QED) is 0.730. The average molecular weight is 342 g/mol. The van der Waals surface area contributed by atoms with E-state index in [4.69, 9.17) is 5.73 Å². The van der Waals surface area contributed by atoms with E-state index in [2.05, 4.69) is 64.0 Å². The van der Waals surface area contributed by atoms with Gasteiger partial charge in [0.1, 0.15) is 5.82 Å². The van der Waals surface area contributed by atoms with Gasteiger partial charge in [0.2, 0.25) is 0 Å². The molecule has 4 heteroatoms. The predicted molar refractivity (Wildman–Crippen MR) is 91.2 cm³/mol. The van der Waals surface area contributed by atoms with Crippen molar-refractivity contribution < 1.29 is 0 Å². The second kappa shape index (κ2) is 5.45. The number of nitrogens with zero attached hydrogens (tertiary/aromatic N) is 2. The molecule has 1 aromatic heterocycles. The SMILES string of the molecule is CC(C)c1ccc(-c2nc(N)c3cc(Br)ccc3n2)cc1. The van der Waals surface area contributed by atoms with Gasteiger partial charge in [-0.2, -0.15) is 0 Å². The molecule has 106 valence electrons. The fourth-order valence-corrected chi connectivity index (χ4v) is 2.63. The summed E-state index contributed by atoms with van der Waals surface area (Å²) >= 11 is 3.44. The zero-order valence-electron chi connectivity index (χ0n) is 12.0. The summed E-state index contributed by atoms with van der Waals surface area (Å²) in [5.74, 6) is 1.68. The number of anilines is 1. The van der Waals surface area contributed by atoms with Crippen molar-refractivity contribution in [2.45, 2.75) is 19.8 Å². The minimum atomic E-state index is 0.504. The standard InChI is InChI=1S/C17H16BrN3/c1-10(2)11-3-5-12(6-4-11)17-20-15-8-7-13(18)9-14(15)16(19)21-17/h3-10H,1-2H3,(H2,19,20,21). The van der Waals surface area contributed by atoms with Gasteiger partial charge in [-0.3, -0.25) is 0 Å². The number of nitrogen functional groups attached to an aromatic ring is 1. The van der Waals surface area contributed by atoms with Crippen LogP contribution in [0, 0.1) is 0 Å². The fourth-order valence-electron chi connectivity index (χ4n) is 2.27. The molecule has 0 aliphatic carbocycles. The topological polar surface area (TPSA) is 51.8 Å². The number of rotatable bonds is 2. The van der Waals surface area contributed by atoms with E-state index >= 15 is 0 Å². The second-order valence-corrected chi connectivity index (χ2v) is 6.29. The third-order valence-electron chi connectivity index (χ3n) is 3.52. The Balaban J connectivity index is 2.10. The molecule has 0 saturated carbocycles. The lowest BCUT2D eigenvalue weighted by atomic mass is 10.0. The highest BCUT2D eigenvalue weighted by Crippen LogP contribution is 2.26. The Bertz CT molecular complexity index is 795. The van der Waals surface area contributed by atoms with E-state index in [1.54, 1.807) is 0 Å². The van der Waals surface area contributed by atoms with Crippen LogP contribution in [-0.4, -0.2) is 9.97 Å². The van der Waals surface area contributed by atoms with Crippen molar-refractivity contribution in [1.82, 2.24) is 9.97 Å². The smallest absolute Gasteiger partial charge is 0.162 e. The Hall–Kier alpha value is -1.94. The Labute approximate surface area is 132 Å². The van der Waals surface area contributed by atoms with Gasteiger partial charge in [-0.1, -0.05) is 54.0 Å². The number of halogens is 1. The predicted octanol–water partition coefficient (Wildman–Crippen LogP) is 4.76. The van der Waals surface area contributed by atoms with Crippen LogP contribution in [0.4, 0.5) is 5.82 Å². The number of hydrogen-bond donors (Lipinski definition) is 1. The molecule has 21 heavy (non-hydrogen) atoms. The van der Waals surface area contributed by atoms with Gasteiger partial charge >= 0.3 is 0 Å². The third kappa shape index (κ3) is 2.76. The minimum Gasteiger partial charge on any atom is -0.383 e. The summed E-state index contributed by atoms with van der Waals surface area (Å²) in [5, 5.41) is 0.868. The Morgan fingerprint density at radius 2 is 1.71 bits per heavy atom. The van der Waals surface area contributed by atoms with Crippen LogP contribution >= 0.6 is 15.9 Å². The number of hydrogen-bond acceptors (Lipinski definition) is 3. The van der Waals surface area contributed by atoms with Gasteiger partial charge in [-0.05, 0) is 29.7 Å². The van der Waals surface area contributed by atoms with Crippen LogP contribution in [0.15, 0.2) is 46.9 Å². The molecule has 0 bridgehead atoms. The maximum absolute atomic E-state index is 6.07. The third-order valence-corrected chi connectivity index (χ3v) is 4.02. The van der Waals surface area contributed by atoms with Crippen LogP contribution in [0.1, 0.15) is 25.3 Å². The van der Waals surface area contributed by atoms with Gasteiger partial charge in [0.25, 0.3) is 0 Å². The molecule has 0 fully saturated rings. The summed E-state index contributed by atoms with van der Waals surface area (Å²) in [5.41, 5.74) is 9.21. The van der Waals surface area contributed by atoms with Crippen molar-refractivity contribution in [2.75, 3.05) is 5.73 Å². The number of aromatic nitrogens is 2. The molecule has 0 radical (unpaired) electrons. The van der Waals surface area contributed by atoms with Gasteiger partial charge in [-0.25, -0.2) is 9.97 Å². The number of fused-ring (bicyclic) bond motifs is 1. The van der Waals surface area contributed by atoms with Crippen LogP contribution in [0.5, 0.6) is 0 Å². The molecule has 0 atom stereocenters. The molecule has 1 heterocycles. The molecular formula is C17H16BrN3. The molecule has 0 spiro atoms. The lowest BCUT2D eigenvalue weighted by Crippen LogP contribution is -1.98. The van der Waals surface area contributed by atoms with Gasteiger partial charge < -0.3 is 5.73 Å². The highest BCUT2D eigenvalue weighted by Gasteiger charge is 2.08. The van der Waals surface area contributed by atoms with E-state index < -0.39 is 0 Å². The van der Waals surface area contributed by atoms with Crippen LogP contribution in [0.2, 0.25) is 0 Å². The molecule has 0 aliphatic rings. The van der Waals surface area contributed by atoms with Crippen molar-refractivity contribution in [3.05, 3.63) is 52.5 Å². The lowest BCUT2D eigenvalue weighted by molar-refractivity contribution is 0.867. The van der Waals surface area contributed by atoms with Crippen LogP contribution in [-0.2, 0) is 0 Å². The Kier molecular flexibility index (Phi) is 3.64. The first-order valence-electron chi connectivity index (χ1n) is 6.87. The van der Waals surface area contributed by atoms with Crippen LogP contribution in [0.25, 0.3) is 22.3 Å². The van der Waals surface area contributed by atoms with E-state index in [0.29, 0.717) is 17.6 Å². The van der Waals surface area contributed by atoms with Crippen molar-refractivity contribution in [2.24, 2.45) is 0 Å². The summed E-state index contributed by atoms with van der Waals surface area (Å²) in [6, 6.07) is 14.2. The van der Waals surface area contributed by atoms with Gasteiger partial charge in [0.05, 0.1) is 5.52 Å². The monoisotopic (exact) mass is 341 g/mol. The van der Waals surface area contributed by atoms with E-state index in [9.17, 15) is 0 Å². The first-order chi connectivity index (χ1) is 10.0. The first-order valence-corrected chi connectivity index (χ1v) is 7.67. The second-order valence-electron chi connectivity index (χ2n) is 5.37. The van der Waals surface area contributed by atoms with Crippen molar-refractivity contribution in [3.63, 3.8) is 0 Å². The minimum absolute atomic E-state index is 0.504. The van der Waals surface area contributed by atoms with E-state index in [1.807, 2.05) is 18.2 Å². The van der Waals surface area contributed by atoms with Gasteiger partial charge in [-0.15, -0.1) is 0 Å². The molecule has 0 amide bonds. The summed E-state index contributed by atoms with van der Waals surface area (Å²) < 4.78 is 0.972. The fraction of sp³-hybridized carbons (Fsp3) is 0.176. The zero-order chi connectivity index (χ0) is 15.0. The summed E-state index contributed by atoms with van der Waals surface area (Å²) in [4.78, 5) is 9.04. The summed E-state index contributed by atoms with van der Waals surface area (Å²) in [6.45, 7) is 4.36. The molecule has 3 rings (SSSR count). The molecule has 0 aliphatic heterocycles. The molecular weight excluding hydrogens is 326 g/mol. The first kappa shape index (κ1) is 14.0. The highest BCUT2D eigenvalue weighted by atomic mass is 79.9. The van der Waals surface area contributed by atoms with E-state index in [1.165, 1.54) is 5.56 Å². The summed E-state index contributed by atoms with van der Waals surface area (Å²) in [6.07, 6.45) is 0. The molecule has 3 aromatic rings. The number of nitrogens with two attached hydrogens (primary N) is 1. The summed E-state index contributed by atoms with van der Waals surface area (Å²) in [7, 11) is 0. The van der Waals surface area contributed by atoms with Gasteiger partial charge in [0, 0.05) is 15.4 Å². The van der Waals surface area contributed by atoms with E-state index in [-0.39, 0.29) is 0 Å². The normalized spacial score (nSPS) is 11.2. The van der Waals surface area contributed by atoms with Crippen molar-refractivity contribution >= 4 is 32.7 Å². The molecule has 0 saturated heterocycles. The maximum Gasteiger partial charge on any atom is 0.162 e. The molecule has 2 aromatic carbocycles. The largest absolute Gasteiger partial charge is 0.383 e.